The lowest BCUT2D eigenvalue weighted by Crippen LogP contribution is -2.26. The molecule has 3 nitrogen and oxygen atoms in total. The number of nitrogens with one attached hydrogen (secondary N) is 1. The van der Waals surface area contributed by atoms with Crippen LogP contribution in [0.4, 0.5) is 0 Å². The first-order chi connectivity index (χ1) is 8.79. The van der Waals surface area contributed by atoms with Gasteiger partial charge < -0.3 is 14.5 Å². The van der Waals surface area contributed by atoms with E-state index >= 15 is 0 Å². The molecule has 1 aliphatic rings. The standard InChI is InChI=1S/C14H16ClNO2/c1-17-14-6-10-11(9-2-4-16-5-3-9)8-18-13(10)7-12(14)15/h6-9,16H,2-5H2,1H3. The maximum atomic E-state index is 6.10. The van der Waals surface area contributed by atoms with Gasteiger partial charge in [0.05, 0.1) is 18.4 Å². The van der Waals surface area contributed by atoms with Crippen LogP contribution >= 0.6 is 11.6 Å². The first-order valence-corrected chi connectivity index (χ1v) is 6.62. The van der Waals surface area contributed by atoms with E-state index < -0.39 is 0 Å². The second-order valence-corrected chi connectivity index (χ2v) is 5.11. The Morgan fingerprint density at radius 2 is 2.11 bits per heavy atom. The summed E-state index contributed by atoms with van der Waals surface area (Å²) in [6.07, 6.45) is 4.18. The molecule has 1 aromatic carbocycles. The van der Waals surface area contributed by atoms with Gasteiger partial charge in [0.2, 0.25) is 0 Å². The van der Waals surface area contributed by atoms with Crippen LogP contribution in [0.3, 0.4) is 0 Å². The van der Waals surface area contributed by atoms with Crippen molar-refractivity contribution in [1.29, 1.82) is 0 Å². The number of piperidine rings is 1. The Morgan fingerprint density at radius 1 is 1.33 bits per heavy atom. The molecule has 4 heteroatoms. The molecule has 3 rings (SSSR count). The molecule has 2 heterocycles. The zero-order chi connectivity index (χ0) is 12.5. The predicted octanol–water partition coefficient (Wildman–Crippen LogP) is 3.56. The number of methoxy groups -OCH3 is 1. The third-order valence-electron chi connectivity index (χ3n) is 3.66. The number of hydrogen-bond donors (Lipinski definition) is 1. The Kier molecular flexibility index (Phi) is 3.18. The maximum Gasteiger partial charge on any atom is 0.138 e. The first kappa shape index (κ1) is 11.9. The Morgan fingerprint density at radius 3 is 2.83 bits per heavy atom. The van der Waals surface area contributed by atoms with E-state index in [2.05, 4.69) is 5.32 Å². The molecule has 0 amide bonds. The van der Waals surface area contributed by atoms with Gasteiger partial charge in [0.1, 0.15) is 11.3 Å². The highest BCUT2D eigenvalue weighted by Gasteiger charge is 2.20. The molecule has 2 aromatic rings. The van der Waals surface area contributed by atoms with Gasteiger partial charge in [-0.1, -0.05) is 11.6 Å². The molecule has 1 fully saturated rings. The van der Waals surface area contributed by atoms with Crippen molar-refractivity contribution in [3.05, 3.63) is 29.0 Å². The third-order valence-corrected chi connectivity index (χ3v) is 3.95. The number of halogens is 1. The van der Waals surface area contributed by atoms with Crippen molar-refractivity contribution in [2.24, 2.45) is 0 Å². The molecule has 0 atom stereocenters. The summed E-state index contributed by atoms with van der Waals surface area (Å²) in [6.45, 7) is 2.14. The molecule has 0 radical (unpaired) electrons. The summed E-state index contributed by atoms with van der Waals surface area (Å²) in [7, 11) is 1.64. The van der Waals surface area contributed by atoms with Crippen LogP contribution in [0.15, 0.2) is 22.8 Å². The normalized spacial score (nSPS) is 17.2. The summed E-state index contributed by atoms with van der Waals surface area (Å²) in [6, 6.07) is 3.82. The van der Waals surface area contributed by atoms with Gasteiger partial charge in [-0.05, 0) is 37.9 Å². The van der Waals surface area contributed by atoms with Crippen LogP contribution in [0, 0.1) is 0 Å². The molecule has 96 valence electrons. The van der Waals surface area contributed by atoms with Crippen LogP contribution in [0.25, 0.3) is 11.0 Å². The molecule has 18 heavy (non-hydrogen) atoms. The minimum atomic E-state index is 0.568. The number of benzene rings is 1. The van der Waals surface area contributed by atoms with E-state index in [4.69, 9.17) is 20.8 Å². The van der Waals surface area contributed by atoms with Crippen LogP contribution in [0.2, 0.25) is 5.02 Å². The second kappa shape index (κ2) is 4.82. The number of furan rings is 1. The smallest absolute Gasteiger partial charge is 0.138 e. The highest BCUT2D eigenvalue weighted by atomic mass is 35.5. The van der Waals surface area contributed by atoms with Gasteiger partial charge in [0, 0.05) is 17.0 Å². The Bertz CT molecular complexity index is 558. The van der Waals surface area contributed by atoms with Crippen molar-refractivity contribution in [3.63, 3.8) is 0 Å². The number of fused-ring (bicyclic) bond motifs is 1. The van der Waals surface area contributed by atoms with Gasteiger partial charge in [-0.25, -0.2) is 0 Å². The third kappa shape index (κ3) is 1.98. The highest BCUT2D eigenvalue weighted by molar-refractivity contribution is 6.32. The molecule has 0 bridgehead atoms. The molecular formula is C14H16ClNO2. The predicted molar refractivity (Wildman–Crippen MR) is 72.6 cm³/mol. The SMILES string of the molecule is COc1cc2c(C3CCNCC3)coc2cc1Cl. The minimum absolute atomic E-state index is 0.568. The van der Waals surface area contributed by atoms with Crippen molar-refractivity contribution in [2.75, 3.05) is 20.2 Å². The fraction of sp³-hybridized carbons (Fsp3) is 0.429. The van der Waals surface area contributed by atoms with Crippen molar-refractivity contribution >= 4 is 22.6 Å². The van der Waals surface area contributed by atoms with E-state index in [1.165, 1.54) is 5.56 Å². The average Bonchev–Trinajstić information content (AvgIpc) is 2.81. The van der Waals surface area contributed by atoms with Gasteiger partial charge in [-0.2, -0.15) is 0 Å². The van der Waals surface area contributed by atoms with Crippen molar-refractivity contribution < 1.29 is 9.15 Å². The lowest BCUT2D eigenvalue weighted by Gasteiger charge is -2.21. The summed E-state index contributed by atoms with van der Waals surface area (Å²) in [5.41, 5.74) is 2.12. The van der Waals surface area contributed by atoms with Crippen LogP contribution in [-0.4, -0.2) is 20.2 Å². The van der Waals surface area contributed by atoms with Crippen molar-refractivity contribution in [1.82, 2.24) is 5.32 Å². The average molecular weight is 266 g/mol. The van der Waals surface area contributed by atoms with Crippen molar-refractivity contribution in [3.8, 4) is 5.75 Å². The Balaban J connectivity index is 2.06. The van der Waals surface area contributed by atoms with Gasteiger partial charge in [-0.15, -0.1) is 0 Å². The summed E-state index contributed by atoms with van der Waals surface area (Å²) < 4.78 is 10.9. The monoisotopic (exact) mass is 265 g/mol. The number of rotatable bonds is 2. The van der Waals surface area contributed by atoms with Crippen LogP contribution < -0.4 is 10.1 Å². The maximum absolute atomic E-state index is 6.10. The molecule has 0 saturated carbocycles. The van der Waals surface area contributed by atoms with Gasteiger partial charge >= 0.3 is 0 Å². The van der Waals surface area contributed by atoms with Gasteiger partial charge in [0.25, 0.3) is 0 Å². The highest BCUT2D eigenvalue weighted by Crippen LogP contribution is 2.37. The quantitative estimate of drug-likeness (QED) is 0.902. The molecule has 1 N–H and O–H groups in total. The van der Waals surface area contributed by atoms with Gasteiger partial charge in [-0.3, -0.25) is 0 Å². The number of ether oxygens (including phenoxy) is 1. The molecular weight excluding hydrogens is 250 g/mol. The molecule has 0 unspecified atom stereocenters. The van der Waals surface area contributed by atoms with E-state index in [1.54, 1.807) is 7.11 Å². The minimum Gasteiger partial charge on any atom is -0.495 e. The zero-order valence-electron chi connectivity index (χ0n) is 10.3. The van der Waals surface area contributed by atoms with Crippen molar-refractivity contribution in [2.45, 2.75) is 18.8 Å². The zero-order valence-corrected chi connectivity index (χ0v) is 11.1. The molecule has 1 aliphatic heterocycles. The Labute approximate surface area is 111 Å². The van der Waals surface area contributed by atoms with E-state index in [0.29, 0.717) is 16.7 Å². The van der Waals surface area contributed by atoms with Crippen LogP contribution in [0.5, 0.6) is 5.75 Å². The Hall–Kier alpha value is -1.19. The molecule has 0 spiro atoms. The molecule has 1 aromatic heterocycles. The number of hydrogen-bond acceptors (Lipinski definition) is 3. The summed E-state index contributed by atoms with van der Waals surface area (Å²) in [4.78, 5) is 0. The fourth-order valence-electron chi connectivity index (χ4n) is 2.65. The van der Waals surface area contributed by atoms with Crippen LogP contribution in [0.1, 0.15) is 24.3 Å². The largest absolute Gasteiger partial charge is 0.495 e. The fourth-order valence-corrected chi connectivity index (χ4v) is 2.88. The summed E-state index contributed by atoms with van der Waals surface area (Å²) in [5, 5.41) is 5.10. The summed E-state index contributed by atoms with van der Waals surface area (Å²) in [5.74, 6) is 1.28. The van der Waals surface area contributed by atoms with E-state index in [1.807, 2.05) is 18.4 Å². The van der Waals surface area contributed by atoms with Gasteiger partial charge in [0.15, 0.2) is 0 Å². The molecule has 0 aliphatic carbocycles. The van der Waals surface area contributed by atoms with Crippen LogP contribution in [-0.2, 0) is 0 Å². The lowest BCUT2D eigenvalue weighted by atomic mass is 9.90. The lowest BCUT2D eigenvalue weighted by molar-refractivity contribution is 0.415. The summed E-state index contributed by atoms with van der Waals surface area (Å²) >= 11 is 6.10. The topological polar surface area (TPSA) is 34.4 Å². The van der Waals surface area contributed by atoms with E-state index in [0.717, 1.165) is 36.9 Å². The molecule has 1 saturated heterocycles. The van der Waals surface area contributed by atoms with E-state index in [-0.39, 0.29) is 0 Å². The van der Waals surface area contributed by atoms with E-state index in [9.17, 15) is 0 Å². The first-order valence-electron chi connectivity index (χ1n) is 6.25. The second-order valence-electron chi connectivity index (χ2n) is 4.70.